The third kappa shape index (κ3) is 2.20. The molecule has 2 heterocycles. The molecule has 0 aromatic carbocycles. The van der Waals surface area contributed by atoms with Gasteiger partial charge < -0.3 is 17.9 Å². The van der Waals surface area contributed by atoms with Gasteiger partial charge in [0.05, 0.1) is 0 Å². The van der Waals surface area contributed by atoms with Gasteiger partial charge >= 0.3 is 13.0 Å². The van der Waals surface area contributed by atoms with Crippen LogP contribution in [0.15, 0.2) is 12.7 Å². The zero-order valence-electron chi connectivity index (χ0n) is 11.2. The van der Waals surface area contributed by atoms with Crippen LogP contribution >= 0.6 is 0 Å². The summed E-state index contributed by atoms with van der Waals surface area (Å²) in [6, 6.07) is 0. The molecular formula is C12H18BF2NO3. The number of ketones is 1. The SMILES string of the molecule is C=C[C@H](C)[C@]1(C(C)=O)O[B-](F)(F)OC1=[N+]1CCCC1. The van der Waals surface area contributed by atoms with Crippen molar-refractivity contribution in [3.63, 3.8) is 0 Å². The minimum Gasteiger partial charge on any atom is -0.591 e. The number of hydrogen-bond acceptors (Lipinski definition) is 3. The monoisotopic (exact) mass is 273 g/mol. The fourth-order valence-electron chi connectivity index (χ4n) is 2.76. The maximum atomic E-state index is 13.6. The van der Waals surface area contributed by atoms with Crippen molar-refractivity contribution in [2.75, 3.05) is 13.1 Å². The molecule has 0 saturated carbocycles. The van der Waals surface area contributed by atoms with Gasteiger partial charge in [-0.05, 0) is 6.92 Å². The highest BCUT2D eigenvalue weighted by Crippen LogP contribution is 2.39. The second kappa shape index (κ2) is 4.70. The highest BCUT2D eigenvalue weighted by Gasteiger charge is 2.63. The molecule has 2 saturated heterocycles. The van der Waals surface area contributed by atoms with Crippen molar-refractivity contribution in [2.45, 2.75) is 32.3 Å². The summed E-state index contributed by atoms with van der Waals surface area (Å²) >= 11 is 0. The molecule has 2 fully saturated rings. The number of Topliss-reactive ketones (excluding diaryl/α,β-unsaturated/α-hetero) is 1. The van der Waals surface area contributed by atoms with Crippen molar-refractivity contribution in [3.8, 4) is 0 Å². The van der Waals surface area contributed by atoms with Crippen LogP contribution in [0, 0.1) is 5.92 Å². The minimum atomic E-state index is -4.46. The molecule has 0 aromatic rings. The first-order valence-corrected chi connectivity index (χ1v) is 6.48. The van der Waals surface area contributed by atoms with Crippen LogP contribution in [-0.2, 0) is 14.1 Å². The molecule has 0 radical (unpaired) electrons. The quantitative estimate of drug-likeness (QED) is 0.447. The molecule has 2 rings (SSSR count). The molecule has 0 bridgehead atoms. The summed E-state index contributed by atoms with van der Waals surface area (Å²) in [5.74, 6) is -1.12. The molecule has 0 spiro atoms. The maximum Gasteiger partial charge on any atom is 0.668 e. The second-order valence-electron chi connectivity index (χ2n) is 5.09. The third-order valence-electron chi connectivity index (χ3n) is 3.80. The van der Waals surface area contributed by atoms with Crippen molar-refractivity contribution in [2.24, 2.45) is 5.92 Å². The zero-order valence-corrected chi connectivity index (χ0v) is 11.2. The van der Waals surface area contributed by atoms with Crippen LogP contribution in [0.4, 0.5) is 8.63 Å². The van der Waals surface area contributed by atoms with Crippen molar-refractivity contribution in [3.05, 3.63) is 12.7 Å². The summed E-state index contributed by atoms with van der Waals surface area (Å²) in [5.41, 5.74) is -1.74. The Morgan fingerprint density at radius 1 is 1.53 bits per heavy atom. The topological polar surface area (TPSA) is 38.5 Å². The first kappa shape index (κ1) is 14.2. The van der Waals surface area contributed by atoms with E-state index < -0.39 is 24.4 Å². The number of hydrogen-bond donors (Lipinski definition) is 0. The molecule has 2 atom stereocenters. The van der Waals surface area contributed by atoms with E-state index in [1.165, 1.54) is 13.0 Å². The minimum absolute atomic E-state index is 0.0464. The largest absolute Gasteiger partial charge is 0.668 e. The van der Waals surface area contributed by atoms with Crippen molar-refractivity contribution >= 4 is 18.8 Å². The molecule has 0 aromatic heterocycles. The first-order valence-electron chi connectivity index (χ1n) is 6.48. The highest BCUT2D eigenvalue weighted by molar-refractivity contribution is 6.57. The summed E-state index contributed by atoms with van der Waals surface area (Å²) in [6.07, 6.45) is 3.22. The van der Waals surface area contributed by atoms with Crippen LogP contribution in [0.5, 0.6) is 0 Å². The van der Waals surface area contributed by atoms with Crippen LogP contribution < -0.4 is 0 Å². The number of rotatable bonds is 3. The van der Waals surface area contributed by atoms with Gasteiger partial charge in [0.15, 0.2) is 5.78 Å². The molecule has 0 unspecified atom stereocenters. The third-order valence-corrected chi connectivity index (χ3v) is 3.80. The average Bonchev–Trinajstić information content (AvgIpc) is 2.93. The van der Waals surface area contributed by atoms with Gasteiger partial charge in [0.25, 0.3) is 0 Å². The molecule has 0 amide bonds. The van der Waals surface area contributed by atoms with Crippen LogP contribution in [-0.4, -0.2) is 42.1 Å². The lowest BCUT2D eigenvalue weighted by molar-refractivity contribution is -0.516. The van der Waals surface area contributed by atoms with Crippen LogP contribution in [0.2, 0.25) is 0 Å². The first-order chi connectivity index (χ1) is 8.83. The lowest BCUT2D eigenvalue weighted by Crippen LogP contribution is -2.52. The van der Waals surface area contributed by atoms with E-state index >= 15 is 0 Å². The van der Waals surface area contributed by atoms with Gasteiger partial charge in [-0.3, -0.25) is 4.79 Å². The van der Waals surface area contributed by atoms with E-state index in [0.29, 0.717) is 13.1 Å². The maximum absolute atomic E-state index is 13.6. The van der Waals surface area contributed by atoms with Crippen molar-refractivity contribution in [1.29, 1.82) is 0 Å². The Hall–Kier alpha value is -1.24. The normalized spacial score (nSPS) is 31.2. The Morgan fingerprint density at radius 2 is 2.11 bits per heavy atom. The van der Waals surface area contributed by atoms with Crippen molar-refractivity contribution in [1.82, 2.24) is 0 Å². The van der Waals surface area contributed by atoms with E-state index in [9.17, 15) is 13.4 Å². The highest BCUT2D eigenvalue weighted by atomic mass is 19.3. The molecule has 7 heteroatoms. The van der Waals surface area contributed by atoms with Gasteiger partial charge in [-0.2, -0.15) is 0 Å². The molecule has 2 aliphatic rings. The standard InChI is InChI=1S/C12H18BF2NO3/c1-4-9(2)12(10(3)17)11(16-7-5-6-8-16)18-13(14,15)19-12/h4,9H,1,5-8H2,2-3H3/t9-,12+/m0/s1. The number of nitrogens with zero attached hydrogens (tertiary/aromatic N) is 1. The van der Waals surface area contributed by atoms with Crippen LogP contribution in [0.1, 0.15) is 26.7 Å². The summed E-state index contributed by atoms with van der Waals surface area (Å²) in [6.45, 7) is 7.66. The number of carbonyl (C=O) groups is 1. The van der Waals surface area contributed by atoms with E-state index in [4.69, 9.17) is 9.31 Å². The smallest absolute Gasteiger partial charge is 0.591 e. The molecule has 0 N–H and O–H groups in total. The molecular weight excluding hydrogens is 255 g/mol. The van der Waals surface area contributed by atoms with Crippen LogP contribution in [0.25, 0.3) is 0 Å². The Balaban J connectivity index is 2.57. The van der Waals surface area contributed by atoms with Gasteiger partial charge in [0.2, 0.25) is 5.60 Å². The van der Waals surface area contributed by atoms with E-state index in [1.54, 1.807) is 11.5 Å². The Bertz CT molecular complexity index is 444. The van der Waals surface area contributed by atoms with Crippen molar-refractivity contribution < 1.29 is 27.3 Å². The number of halogens is 2. The molecule has 4 nitrogen and oxygen atoms in total. The second-order valence-corrected chi connectivity index (χ2v) is 5.09. The van der Waals surface area contributed by atoms with Gasteiger partial charge in [0, 0.05) is 18.8 Å². The lowest BCUT2D eigenvalue weighted by atomic mass is 9.84. The summed E-state index contributed by atoms with van der Waals surface area (Å²) < 4.78 is 38.3. The molecule has 19 heavy (non-hydrogen) atoms. The number of carbonyl (C=O) groups excluding carboxylic acids is 1. The predicted molar refractivity (Wildman–Crippen MR) is 67.1 cm³/mol. The summed E-state index contributed by atoms with van der Waals surface area (Å²) in [7, 11) is -4.46. The van der Waals surface area contributed by atoms with Gasteiger partial charge in [-0.1, -0.05) is 13.0 Å². The van der Waals surface area contributed by atoms with Crippen LogP contribution in [0.3, 0.4) is 0 Å². The summed E-state index contributed by atoms with van der Waals surface area (Å²) in [5, 5.41) is 0. The van der Waals surface area contributed by atoms with Gasteiger partial charge in [-0.15, -0.1) is 6.58 Å². The van der Waals surface area contributed by atoms with Gasteiger partial charge in [0.1, 0.15) is 13.1 Å². The molecule has 2 aliphatic heterocycles. The van der Waals surface area contributed by atoms with E-state index in [0.717, 1.165) is 12.8 Å². The fraction of sp³-hybridized carbons (Fsp3) is 0.667. The van der Waals surface area contributed by atoms with E-state index in [1.807, 2.05) is 0 Å². The van der Waals surface area contributed by atoms with Gasteiger partial charge in [-0.25, -0.2) is 4.58 Å². The summed E-state index contributed by atoms with van der Waals surface area (Å²) in [4.78, 5) is 12.0. The fourth-order valence-corrected chi connectivity index (χ4v) is 2.76. The predicted octanol–water partition coefficient (Wildman–Crippen LogP) is 1.76. The van der Waals surface area contributed by atoms with E-state index in [2.05, 4.69) is 6.58 Å². The molecule has 106 valence electrons. The Morgan fingerprint density at radius 3 is 2.58 bits per heavy atom. The lowest BCUT2D eigenvalue weighted by Gasteiger charge is -2.30. The Labute approximate surface area is 111 Å². The zero-order chi connectivity index (χ0) is 14.3. The Kier molecular flexibility index (Phi) is 3.51. The molecule has 0 aliphatic carbocycles. The van der Waals surface area contributed by atoms with E-state index in [-0.39, 0.29) is 5.90 Å². The average molecular weight is 273 g/mol.